The zero-order chi connectivity index (χ0) is 30.3. The molecule has 2 aromatic carbocycles. The van der Waals surface area contributed by atoms with Gasteiger partial charge in [0.2, 0.25) is 0 Å². The minimum atomic E-state index is -4.75. The summed E-state index contributed by atoms with van der Waals surface area (Å²) in [6, 6.07) is 6.81. The average Bonchev–Trinajstić information content (AvgIpc) is 3.53. The highest BCUT2D eigenvalue weighted by atomic mass is 32.1. The van der Waals surface area contributed by atoms with Crippen LogP contribution in [0.25, 0.3) is 21.6 Å². The van der Waals surface area contributed by atoms with E-state index in [4.69, 9.17) is 0 Å². The molecule has 2 aromatic heterocycles. The Bertz CT molecular complexity index is 1430. The molecular formula is C26H31F6N5O2S. The lowest BCUT2D eigenvalue weighted by atomic mass is 10.0. The standard InChI is InChI=1S/C22H19F6N5O2S.2C2H6/c1-32(2)7-8-33(19-29-16-6-4-13(21(23,24)25)10-17(16)36-19)11-12-3-5-14(15(9-12)22(26,27)28)18-30-20(34)35-31-18;2*1-2/h3-6,9-10H,7-8,11H2,1-2H3,(H,30,31,34);2*1-2H3. The second-order valence-corrected chi connectivity index (χ2v) is 9.23. The third-order valence-corrected chi connectivity index (χ3v) is 6.33. The van der Waals surface area contributed by atoms with E-state index in [2.05, 4.69) is 19.6 Å². The molecule has 14 heteroatoms. The van der Waals surface area contributed by atoms with Gasteiger partial charge in [-0.25, -0.2) is 9.78 Å². The lowest BCUT2D eigenvalue weighted by Crippen LogP contribution is -2.31. The first kappa shape index (κ1) is 32.8. The molecule has 40 heavy (non-hydrogen) atoms. The van der Waals surface area contributed by atoms with E-state index in [1.807, 2.05) is 46.7 Å². The smallest absolute Gasteiger partial charge is 0.342 e. The van der Waals surface area contributed by atoms with Crippen molar-refractivity contribution in [3.63, 3.8) is 0 Å². The van der Waals surface area contributed by atoms with Crippen molar-refractivity contribution in [3.8, 4) is 11.4 Å². The molecule has 0 saturated carbocycles. The maximum atomic E-state index is 13.8. The monoisotopic (exact) mass is 591 g/mol. The molecule has 4 rings (SSSR count). The van der Waals surface area contributed by atoms with Crippen LogP contribution in [-0.4, -0.2) is 47.2 Å². The Kier molecular flexibility index (Phi) is 11.3. The van der Waals surface area contributed by atoms with Gasteiger partial charge in [0.05, 0.1) is 21.3 Å². The van der Waals surface area contributed by atoms with Gasteiger partial charge in [-0.15, -0.1) is 0 Å². The topological polar surface area (TPSA) is 78.3 Å². The molecule has 0 aliphatic rings. The maximum absolute atomic E-state index is 13.8. The Morgan fingerprint density at radius 3 is 2.15 bits per heavy atom. The van der Waals surface area contributed by atoms with Gasteiger partial charge in [-0.3, -0.25) is 9.51 Å². The van der Waals surface area contributed by atoms with Crippen LogP contribution in [0.1, 0.15) is 44.4 Å². The molecule has 220 valence electrons. The molecule has 2 heterocycles. The second kappa shape index (κ2) is 13.8. The van der Waals surface area contributed by atoms with E-state index < -0.39 is 29.2 Å². The minimum absolute atomic E-state index is 0.0124. The summed E-state index contributed by atoms with van der Waals surface area (Å²) in [5, 5.41) is 3.73. The van der Waals surface area contributed by atoms with Crippen LogP contribution in [0, 0.1) is 0 Å². The van der Waals surface area contributed by atoms with Crippen molar-refractivity contribution in [2.24, 2.45) is 0 Å². The molecule has 0 saturated heterocycles. The highest BCUT2D eigenvalue weighted by Gasteiger charge is 2.35. The number of H-pyrrole nitrogens is 1. The maximum Gasteiger partial charge on any atom is 0.439 e. The Hall–Kier alpha value is -3.39. The summed E-state index contributed by atoms with van der Waals surface area (Å²) in [6.45, 7) is 8.89. The summed E-state index contributed by atoms with van der Waals surface area (Å²) in [5.74, 6) is -1.34. The number of halogens is 6. The molecule has 0 fully saturated rings. The van der Waals surface area contributed by atoms with Crippen molar-refractivity contribution in [1.82, 2.24) is 20.0 Å². The van der Waals surface area contributed by atoms with Crippen molar-refractivity contribution in [3.05, 3.63) is 63.6 Å². The van der Waals surface area contributed by atoms with Gasteiger partial charge in [-0.05, 0) is 43.9 Å². The van der Waals surface area contributed by atoms with E-state index in [0.717, 1.165) is 29.5 Å². The lowest BCUT2D eigenvalue weighted by molar-refractivity contribution is -0.138. The number of nitrogens with zero attached hydrogens (tertiary/aromatic N) is 4. The quantitative estimate of drug-likeness (QED) is 0.227. The normalized spacial score (nSPS) is 11.6. The summed E-state index contributed by atoms with van der Waals surface area (Å²) in [7, 11) is 3.64. The van der Waals surface area contributed by atoms with E-state index in [1.54, 1.807) is 4.90 Å². The third-order valence-electron chi connectivity index (χ3n) is 5.25. The second-order valence-electron chi connectivity index (χ2n) is 8.22. The van der Waals surface area contributed by atoms with E-state index in [9.17, 15) is 31.1 Å². The van der Waals surface area contributed by atoms with Gasteiger partial charge in [0.25, 0.3) is 0 Å². The number of hydrogen-bond acceptors (Lipinski definition) is 7. The largest absolute Gasteiger partial charge is 0.439 e. The molecule has 1 N–H and O–H groups in total. The number of thiazole rings is 1. The summed E-state index contributed by atoms with van der Waals surface area (Å²) in [4.78, 5) is 21.3. The van der Waals surface area contributed by atoms with Crippen molar-refractivity contribution >= 4 is 26.7 Å². The highest BCUT2D eigenvalue weighted by molar-refractivity contribution is 7.22. The molecule has 0 amide bonds. The predicted molar refractivity (Wildman–Crippen MR) is 144 cm³/mol. The summed E-state index contributed by atoms with van der Waals surface area (Å²) in [6.07, 6.45) is -9.26. The fraction of sp³-hybridized carbons (Fsp3) is 0.423. The Morgan fingerprint density at radius 1 is 0.925 bits per heavy atom. The SMILES string of the molecule is CC.CC.CN(C)CCN(Cc1ccc(-c2noc(=O)[nH]2)c(C(F)(F)F)c1)c1nc2ccc(C(F)(F)F)cc2s1. The Balaban J connectivity index is 0.00000134. The van der Waals surface area contributed by atoms with Crippen LogP contribution in [0.15, 0.2) is 45.7 Å². The van der Waals surface area contributed by atoms with E-state index >= 15 is 0 Å². The zero-order valence-corrected chi connectivity index (χ0v) is 23.7. The Morgan fingerprint density at radius 2 is 1.60 bits per heavy atom. The summed E-state index contributed by atoms with van der Waals surface area (Å²) >= 11 is 1.03. The molecule has 0 aliphatic heterocycles. The fourth-order valence-electron chi connectivity index (χ4n) is 3.48. The van der Waals surface area contributed by atoms with Gasteiger partial charge in [-0.2, -0.15) is 26.3 Å². The van der Waals surface area contributed by atoms with E-state index in [0.29, 0.717) is 28.4 Å². The van der Waals surface area contributed by atoms with E-state index in [1.165, 1.54) is 18.2 Å². The molecule has 0 unspecified atom stereocenters. The Labute approximate surface area is 231 Å². The predicted octanol–water partition coefficient (Wildman–Crippen LogP) is 7.30. The molecule has 7 nitrogen and oxygen atoms in total. The first-order valence-corrected chi connectivity index (χ1v) is 13.3. The van der Waals surface area contributed by atoms with Crippen LogP contribution in [-0.2, 0) is 18.9 Å². The van der Waals surface area contributed by atoms with Crippen LogP contribution < -0.4 is 10.7 Å². The van der Waals surface area contributed by atoms with Crippen LogP contribution >= 0.6 is 11.3 Å². The molecular weight excluding hydrogens is 560 g/mol. The number of aromatic nitrogens is 3. The number of fused-ring (bicyclic) bond motifs is 1. The molecule has 0 spiro atoms. The molecule has 0 aliphatic carbocycles. The van der Waals surface area contributed by atoms with Gasteiger partial charge < -0.3 is 9.80 Å². The van der Waals surface area contributed by atoms with Crippen molar-refractivity contribution < 1.29 is 30.9 Å². The van der Waals surface area contributed by atoms with Crippen LogP contribution in [0.3, 0.4) is 0 Å². The van der Waals surface area contributed by atoms with Crippen molar-refractivity contribution in [2.75, 3.05) is 32.1 Å². The summed E-state index contributed by atoms with van der Waals surface area (Å²) < 4.78 is 85.5. The molecule has 0 bridgehead atoms. The number of likely N-dealkylation sites (N-methyl/N-ethyl adjacent to an activating group) is 1. The average molecular weight is 592 g/mol. The number of hydrogen-bond donors (Lipinski definition) is 1. The number of anilines is 1. The number of aromatic amines is 1. The lowest BCUT2D eigenvalue weighted by Gasteiger charge is -2.24. The number of nitrogens with one attached hydrogen (secondary N) is 1. The van der Waals surface area contributed by atoms with Crippen LogP contribution in [0.4, 0.5) is 31.5 Å². The first-order chi connectivity index (χ1) is 18.8. The molecule has 4 aromatic rings. The zero-order valence-electron chi connectivity index (χ0n) is 22.9. The number of alkyl halides is 6. The van der Waals surface area contributed by atoms with Crippen molar-refractivity contribution in [2.45, 2.75) is 46.6 Å². The molecule has 0 atom stereocenters. The van der Waals surface area contributed by atoms with Gasteiger partial charge in [-0.1, -0.05) is 56.3 Å². The highest BCUT2D eigenvalue weighted by Crippen LogP contribution is 2.38. The minimum Gasteiger partial charge on any atom is -0.342 e. The number of benzene rings is 2. The third kappa shape index (κ3) is 8.31. The van der Waals surface area contributed by atoms with Crippen LogP contribution in [0.2, 0.25) is 0 Å². The van der Waals surface area contributed by atoms with Gasteiger partial charge in [0.1, 0.15) is 0 Å². The van der Waals surface area contributed by atoms with Gasteiger partial charge >= 0.3 is 18.1 Å². The van der Waals surface area contributed by atoms with Gasteiger partial charge in [0, 0.05) is 25.2 Å². The summed E-state index contributed by atoms with van der Waals surface area (Å²) in [5.41, 5.74) is -1.53. The van der Waals surface area contributed by atoms with Gasteiger partial charge in [0.15, 0.2) is 11.0 Å². The number of rotatable bonds is 7. The van der Waals surface area contributed by atoms with E-state index in [-0.39, 0.29) is 23.5 Å². The first-order valence-electron chi connectivity index (χ1n) is 12.5. The fourth-order valence-corrected chi connectivity index (χ4v) is 4.51. The van der Waals surface area contributed by atoms with Crippen molar-refractivity contribution in [1.29, 1.82) is 0 Å². The van der Waals surface area contributed by atoms with Crippen LogP contribution in [0.5, 0.6) is 0 Å². The molecule has 0 radical (unpaired) electrons.